The molecule has 0 spiro atoms. The number of benzene rings is 2. The summed E-state index contributed by atoms with van der Waals surface area (Å²) in [4.78, 5) is 5.14. The minimum absolute atomic E-state index is 0.281. The average Bonchev–Trinajstić information content (AvgIpc) is 2.51. The van der Waals surface area contributed by atoms with Crippen molar-refractivity contribution in [1.29, 1.82) is 0 Å². The van der Waals surface area contributed by atoms with Crippen molar-refractivity contribution in [3.05, 3.63) is 70.8 Å². The van der Waals surface area contributed by atoms with Crippen LogP contribution in [0.5, 0.6) is 0 Å². The molecule has 0 saturated heterocycles. The van der Waals surface area contributed by atoms with E-state index >= 15 is 0 Å². The van der Waals surface area contributed by atoms with E-state index in [1.54, 1.807) is 6.07 Å². The molecule has 0 amide bonds. The molecule has 22 heavy (non-hydrogen) atoms. The van der Waals surface area contributed by atoms with Gasteiger partial charge >= 0.3 is 6.18 Å². The van der Waals surface area contributed by atoms with Gasteiger partial charge in [0.15, 0.2) is 0 Å². The molecule has 0 radical (unpaired) electrons. The Kier molecular flexibility index (Phi) is 5.20. The summed E-state index contributed by atoms with van der Waals surface area (Å²) in [7, 11) is 0. The summed E-state index contributed by atoms with van der Waals surface area (Å²) in [6.07, 6.45) is -2.15. The number of rotatable bonds is 5. The normalized spacial score (nSPS) is 11.8. The topological polar surface area (TPSA) is 21.6 Å². The maximum absolute atomic E-state index is 12.6. The van der Waals surface area contributed by atoms with E-state index in [0.29, 0.717) is 5.56 Å². The molecular weight excluding hydrogens is 291 g/mol. The van der Waals surface area contributed by atoms with Gasteiger partial charge in [0.05, 0.1) is 11.8 Å². The lowest BCUT2D eigenvalue weighted by Crippen LogP contribution is -2.05. The molecule has 2 aromatic rings. The molecule has 0 fully saturated rings. The lowest BCUT2D eigenvalue weighted by Gasteiger charge is -2.06. The molecule has 0 N–H and O–H groups in total. The number of oxime groups is 1. The molecule has 0 saturated carbocycles. The van der Waals surface area contributed by atoms with Crippen LogP contribution < -0.4 is 0 Å². The van der Waals surface area contributed by atoms with Crippen LogP contribution in [0.15, 0.2) is 53.7 Å². The van der Waals surface area contributed by atoms with Crippen molar-refractivity contribution in [3.63, 3.8) is 0 Å². The summed E-state index contributed by atoms with van der Waals surface area (Å²) < 4.78 is 37.7. The molecule has 0 aliphatic carbocycles. The fraction of sp³-hybridized carbons (Fsp3) is 0.235. The van der Waals surface area contributed by atoms with Crippen molar-refractivity contribution in [3.8, 4) is 0 Å². The van der Waals surface area contributed by atoms with E-state index in [1.807, 2.05) is 24.3 Å². The fourth-order valence-electron chi connectivity index (χ4n) is 1.94. The molecule has 2 aromatic carbocycles. The zero-order valence-corrected chi connectivity index (χ0v) is 12.1. The Morgan fingerprint density at radius 1 is 1.05 bits per heavy atom. The van der Waals surface area contributed by atoms with Crippen LogP contribution in [-0.2, 0) is 24.0 Å². The Bertz CT molecular complexity index is 650. The van der Waals surface area contributed by atoms with E-state index in [-0.39, 0.29) is 6.61 Å². The van der Waals surface area contributed by atoms with Gasteiger partial charge in [0.1, 0.15) is 6.61 Å². The summed E-state index contributed by atoms with van der Waals surface area (Å²) in [6.45, 7) is 2.34. The molecule has 116 valence electrons. The molecule has 0 bridgehead atoms. The highest BCUT2D eigenvalue weighted by Crippen LogP contribution is 2.29. The molecule has 0 aliphatic heterocycles. The Hall–Kier alpha value is -2.30. The van der Waals surface area contributed by atoms with Gasteiger partial charge in [0, 0.05) is 0 Å². The second-order valence-corrected chi connectivity index (χ2v) is 4.80. The summed E-state index contributed by atoms with van der Waals surface area (Å²) in [6, 6.07) is 12.8. The van der Waals surface area contributed by atoms with Crippen LogP contribution in [0.3, 0.4) is 0 Å². The SMILES string of the molecule is CCc1cccc(CON=Cc2cccc(C(F)(F)F)c2)c1. The summed E-state index contributed by atoms with van der Waals surface area (Å²) in [5.74, 6) is 0. The molecule has 0 aliphatic rings. The summed E-state index contributed by atoms with van der Waals surface area (Å²) >= 11 is 0. The number of aryl methyl sites for hydroxylation is 1. The zero-order chi connectivity index (χ0) is 16.0. The number of hydrogen-bond acceptors (Lipinski definition) is 2. The quantitative estimate of drug-likeness (QED) is 0.573. The van der Waals surface area contributed by atoms with Gasteiger partial charge < -0.3 is 4.84 Å². The van der Waals surface area contributed by atoms with Crippen molar-refractivity contribution in [2.75, 3.05) is 0 Å². The third-order valence-corrected chi connectivity index (χ3v) is 3.12. The highest BCUT2D eigenvalue weighted by atomic mass is 19.4. The second kappa shape index (κ2) is 7.11. The maximum Gasteiger partial charge on any atom is 0.416 e. The number of alkyl halides is 3. The Morgan fingerprint density at radius 2 is 1.77 bits per heavy atom. The Balaban J connectivity index is 1.95. The van der Waals surface area contributed by atoms with Crippen molar-refractivity contribution < 1.29 is 18.0 Å². The van der Waals surface area contributed by atoms with E-state index in [9.17, 15) is 13.2 Å². The first kappa shape index (κ1) is 16.1. The van der Waals surface area contributed by atoms with Gasteiger partial charge in [0.2, 0.25) is 0 Å². The van der Waals surface area contributed by atoms with Gasteiger partial charge in [-0.25, -0.2) is 0 Å². The average molecular weight is 307 g/mol. The molecule has 2 rings (SSSR count). The fourth-order valence-corrected chi connectivity index (χ4v) is 1.94. The lowest BCUT2D eigenvalue weighted by atomic mass is 10.1. The smallest absolute Gasteiger partial charge is 0.391 e. The van der Waals surface area contributed by atoms with Crippen molar-refractivity contribution in [2.45, 2.75) is 26.1 Å². The van der Waals surface area contributed by atoms with E-state index in [0.717, 1.165) is 24.1 Å². The largest absolute Gasteiger partial charge is 0.416 e. The second-order valence-electron chi connectivity index (χ2n) is 4.80. The first-order valence-electron chi connectivity index (χ1n) is 6.89. The first-order valence-corrected chi connectivity index (χ1v) is 6.89. The van der Waals surface area contributed by atoms with Gasteiger partial charge in [-0.2, -0.15) is 13.2 Å². The first-order chi connectivity index (χ1) is 10.5. The van der Waals surface area contributed by atoms with Gasteiger partial charge in [-0.3, -0.25) is 0 Å². The predicted molar refractivity (Wildman–Crippen MR) is 79.6 cm³/mol. The summed E-state index contributed by atoms with van der Waals surface area (Å²) in [5, 5.41) is 3.72. The minimum atomic E-state index is -4.36. The van der Waals surface area contributed by atoms with E-state index in [1.165, 1.54) is 17.8 Å². The van der Waals surface area contributed by atoms with Gasteiger partial charge in [0.25, 0.3) is 0 Å². The summed E-state index contributed by atoms with van der Waals surface area (Å²) in [5.41, 5.74) is 1.81. The van der Waals surface area contributed by atoms with Gasteiger partial charge in [-0.15, -0.1) is 0 Å². The van der Waals surface area contributed by atoms with Crippen LogP contribution >= 0.6 is 0 Å². The van der Waals surface area contributed by atoms with Gasteiger partial charge in [-0.1, -0.05) is 48.5 Å². The zero-order valence-electron chi connectivity index (χ0n) is 12.1. The van der Waals surface area contributed by atoms with Crippen LogP contribution in [0.2, 0.25) is 0 Å². The standard InChI is InChI=1S/C17H16F3NO/c1-2-13-5-3-7-15(9-13)12-22-21-11-14-6-4-8-16(10-14)17(18,19)20/h3-11H,2,12H2,1H3. The van der Waals surface area contributed by atoms with Crippen molar-refractivity contribution >= 4 is 6.21 Å². The monoisotopic (exact) mass is 307 g/mol. The molecule has 0 unspecified atom stereocenters. The minimum Gasteiger partial charge on any atom is -0.391 e. The third-order valence-electron chi connectivity index (χ3n) is 3.12. The molecule has 5 heteroatoms. The molecule has 0 atom stereocenters. The maximum atomic E-state index is 12.6. The van der Waals surface area contributed by atoms with Crippen LogP contribution in [0.4, 0.5) is 13.2 Å². The number of halogens is 3. The molecule has 0 aromatic heterocycles. The van der Waals surface area contributed by atoms with Gasteiger partial charge in [-0.05, 0) is 35.2 Å². The highest BCUT2D eigenvalue weighted by Gasteiger charge is 2.30. The highest BCUT2D eigenvalue weighted by molar-refractivity contribution is 5.79. The van der Waals surface area contributed by atoms with Crippen LogP contribution in [-0.4, -0.2) is 6.21 Å². The van der Waals surface area contributed by atoms with Crippen molar-refractivity contribution in [1.82, 2.24) is 0 Å². The third kappa shape index (κ3) is 4.62. The van der Waals surface area contributed by atoms with Crippen molar-refractivity contribution in [2.24, 2.45) is 5.16 Å². The number of nitrogens with zero attached hydrogens (tertiary/aromatic N) is 1. The molecular formula is C17H16F3NO. The molecule has 0 heterocycles. The van der Waals surface area contributed by atoms with Crippen LogP contribution in [0, 0.1) is 0 Å². The van der Waals surface area contributed by atoms with E-state index < -0.39 is 11.7 Å². The Labute approximate surface area is 127 Å². The van der Waals surface area contributed by atoms with E-state index in [2.05, 4.69) is 12.1 Å². The number of hydrogen-bond donors (Lipinski definition) is 0. The van der Waals surface area contributed by atoms with E-state index in [4.69, 9.17) is 4.84 Å². The lowest BCUT2D eigenvalue weighted by molar-refractivity contribution is -0.137. The molecule has 2 nitrogen and oxygen atoms in total. The van der Waals surface area contributed by atoms with Crippen LogP contribution in [0.1, 0.15) is 29.2 Å². The Morgan fingerprint density at radius 3 is 2.50 bits per heavy atom. The van der Waals surface area contributed by atoms with Crippen LogP contribution in [0.25, 0.3) is 0 Å². The predicted octanol–water partition coefficient (Wildman–Crippen LogP) is 4.82.